The maximum atomic E-state index is 12.9. The van der Waals surface area contributed by atoms with Crippen molar-refractivity contribution in [2.45, 2.75) is 31.7 Å². The smallest absolute Gasteiger partial charge is 0.286 e. The first kappa shape index (κ1) is 18.4. The lowest BCUT2D eigenvalue weighted by atomic mass is 10.0. The Morgan fingerprint density at radius 3 is 2.35 bits per heavy atom. The second kappa shape index (κ2) is 7.90. The molecule has 0 radical (unpaired) electrons. The molecule has 8 nitrogen and oxygen atoms in total. The molecule has 1 heterocycles. The van der Waals surface area contributed by atoms with Crippen LogP contribution in [-0.4, -0.2) is 55.6 Å². The van der Waals surface area contributed by atoms with E-state index in [1.165, 1.54) is 39.2 Å². The number of methoxy groups -OCH3 is 2. The van der Waals surface area contributed by atoms with E-state index < -0.39 is 4.92 Å². The zero-order valence-corrected chi connectivity index (χ0v) is 15.2. The first-order valence-electron chi connectivity index (χ1n) is 8.96. The molecule has 0 unspecified atom stereocenters. The molecule has 0 bridgehead atoms. The highest BCUT2D eigenvalue weighted by molar-refractivity contribution is 5.99. The van der Waals surface area contributed by atoms with Crippen LogP contribution in [0.2, 0.25) is 0 Å². The van der Waals surface area contributed by atoms with Gasteiger partial charge in [-0.05, 0) is 38.1 Å². The van der Waals surface area contributed by atoms with Gasteiger partial charge in [0.2, 0.25) is 0 Å². The van der Waals surface area contributed by atoms with Crippen LogP contribution in [0.25, 0.3) is 0 Å². The van der Waals surface area contributed by atoms with Gasteiger partial charge >= 0.3 is 0 Å². The highest BCUT2D eigenvalue weighted by Crippen LogP contribution is 2.35. The fraction of sp³-hybridized carbons (Fsp3) is 0.611. The zero-order chi connectivity index (χ0) is 18.7. The van der Waals surface area contributed by atoms with E-state index in [9.17, 15) is 14.9 Å². The van der Waals surface area contributed by atoms with E-state index in [0.717, 1.165) is 25.3 Å². The molecule has 8 heteroatoms. The summed E-state index contributed by atoms with van der Waals surface area (Å²) >= 11 is 0. The molecular weight excluding hydrogens is 338 g/mol. The minimum Gasteiger partial charge on any atom is -0.493 e. The summed E-state index contributed by atoms with van der Waals surface area (Å²) in [5, 5.41) is 15.0. The number of rotatable bonds is 7. The number of nitrogens with zero attached hydrogens (tertiary/aromatic N) is 2. The maximum Gasteiger partial charge on any atom is 0.286 e. The summed E-state index contributed by atoms with van der Waals surface area (Å²) in [5.41, 5.74) is -0.223. The summed E-state index contributed by atoms with van der Waals surface area (Å²) in [5.74, 6) is 1.03. The number of likely N-dealkylation sites (tertiary alicyclic amines) is 1. The lowest BCUT2D eigenvalue weighted by molar-refractivity contribution is -0.385. The van der Waals surface area contributed by atoms with Crippen molar-refractivity contribution >= 4 is 11.6 Å². The fourth-order valence-electron chi connectivity index (χ4n) is 3.30. The number of piperidine rings is 1. The number of amides is 1. The van der Waals surface area contributed by atoms with Crippen molar-refractivity contribution < 1.29 is 19.2 Å². The van der Waals surface area contributed by atoms with Gasteiger partial charge in [-0.2, -0.15) is 0 Å². The van der Waals surface area contributed by atoms with Crippen molar-refractivity contribution in [2.24, 2.45) is 5.92 Å². The highest BCUT2D eigenvalue weighted by Gasteiger charge is 2.31. The van der Waals surface area contributed by atoms with E-state index in [0.29, 0.717) is 24.9 Å². The van der Waals surface area contributed by atoms with Crippen LogP contribution in [0.3, 0.4) is 0 Å². The normalized spacial score (nSPS) is 17.8. The van der Waals surface area contributed by atoms with Crippen LogP contribution >= 0.6 is 0 Å². The number of nitrogens with one attached hydrogen (secondary N) is 1. The number of nitro benzene ring substituents is 1. The molecule has 1 N–H and O–H groups in total. The zero-order valence-electron chi connectivity index (χ0n) is 15.2. The Labute approximate surface area is 152 Å². The van der Waals surface area contributed by atoms with Gasteiger partial charge < -0.3 is 19.7 Å². The Morgan fingerprint density at radius 2 is 1.81 bits per heavy atom. The topological polar surface area (TPSA) is 93.9 Å². The van der Waals surface area contributed by atoms with Gasteiger partial charge in [0.25, 0.3) is 11.6 Å². The average molecular weight is 363 g/mol. The summed E-state index contributed by atoms with van der Waals surface area (Å²) in [6.07, 6.45) is 4.35. The van der Waals surface area contributed by atoms with E-state index in [-0.39, 0.29) is 22.9 Å². The molecule has 1 aromatic carbocycles. The lowest BCUT2D eigenvalue weighted by Crippen LogP contribution is -2.45. The Balaban J connectivity index is 1.71. The maximum absolute atomic E-state index is 12.9. The van der Waals surface area contributed by atoms with Crippen LogP contribution in [0.4, 0.5) is 5.69 Å². The van der Waals surface area contributed by atoms with Crippen molar-refractivity contribution in [3.63, 3.8) is 0 Å². The predicted molar refractivity (Wildman–Crippen MR) is 95.9 cm³/mol. The summed E-state index contributed by atoms with van der Waals surface area (Å²) < 4.78 is 10.3. The monoisotopic (exact) mass is 363 g/mol. The Hall–Kier alpha value is -2.35. The average Bonchev–Trinajstić information content (AvgIpc) is 3.49. The third-order valence-corrected chi connectivity index (χ3v) is 5.10. The number of carbonyl (C=O) groups excluding carboxylic acids is 1. The quantitative estimate of drug-likeness (QED) is 0.590. The standard InChI is InChI=1S/C18H25N3O5/c1-25-16-9-14(15(21(23)24)10-17(16)26-2)18(22)20-7-5-13(6-8-20)19-11-12-3-4-12/h9-10,12-13,19H,3-8,11H2,1-2H3. The van der Waals surface area contributed by atoms with Gasteiger partial charge in [0.15, 0.2) is 11.5 Å². The molecule has 1 aliphatic heterocycles. The van der Waals surface area contributed by atoms with Crippen molar-refractivity contribution in [3.8, 4) is 11.5 Å². The summed E-state index contributed by atoms with van der Waals surface area (Å²) in [7, 11) is 2.84. The second-order valence-corrected chi connectivity index (χ2v) is 6.90. The van der Waals surface area contributed by atoms with Gasteiger partial charge in [-0.25, -0.2) is 0 Å². The van der Waals surface area contributed by atoms with Crippen LogP contribution in [0, 0.1) is 16.0 Å². The van der Waals surface area contributed by atoms with Crippen molar-refractivity contribution in [1.29, 1.82) is 0 Å². The van der Waals surface area contributed by atoms with Gasteiger partial charge in [-0.1, -0.05) is 0 Å². The van der Waals surface area contributed by atoms with E-state index in [1.807, 2.05) is 0 Å². The van der Waals surface area contributed by atoms with E-state index >= 15 is 0 Å². The number of carbonyl (C=O) groups is 1. The number of nitro groups is 1. The third-order valence-electron chi connectivity index (χ3n) is 5.10. The Morgan fingerprint density at radius 1 is 1.19 bits per heavy atom. The van der Waals surface area contributed by atoms with Crippen molar-refractivity contribution in [2.75, 3.05) is 33.9 Å². The molecule has 0 atom stereocenters. The van der Waals surface area contributed by atoms with Gasteiger partial charge in [-0.3, -0.25) is 14.9 Å². The van der Waals surface area contributed by atoms with Crippen LogP contribution in [-0.2, 0) is 0 Å². The van der Waals surface area contributed by atoms with E-state index in [2.05, 4.69) is 5.32 Å². The summed E-state index contributed by atoms with van der Waals surface area (Å²) in [4.78, 5) is 25.4. The third kappa shape index (κ3) is 4.07. The van der Waals surface area contributed by atoms with Crippen LogP contribution in [0.5, 0.6) is 11.5 Å². The lowest BCUT2D eigenvalue weighted by Gasteiger charge is -2.32. The molecule has 1 aromatic rings. The van der Waals surface area contributed by atoms with Gasteiger partial charge in [0, 0.05) is 25.2 Å². The summed E-state index contributed by atoms with van der Waals surface area (Å²) in [6, 6.07) is 3.06. The van der Waals surface area contributed by atoms with Crippen molar-refractivity contribution in [3.05, 3.63) is 27.8 Å². The number of ether oxygens (including phenoxy) is 2. The SMILES string of the molecule is COc1cc(C(=O)N2CCC(NCC3CC3)CC2)c([N+](=O)[O-])cc1OC. The molecule has 1 aliphatic carbocycles. The Bertz CT molecular complexity index is 682. The Kier molecular flexibility index (Phi) is 5.61. The molecule has 2 aliphatic rings. The second-order valence-electron chi connectivity index (χ2n) is 6.90. The van der Waals surface area contributed by atoms with Gasteiger partial charge in [0.1, 0.15) is 5.56 Å². The molecule has 2 fully saturated rings. The largest absolute Gasteiger partial charge is 0.493 e. The van der Waals surface area contributed by atoms with Crippen LogP contribution in [0.15, 0.2) is 12.1 Å². The first-order valence-corrected chi connectivity index (χ1v) is 8.96. The van der Waals surface area contributed by atoms with E-state index in [4.69, 9.17) is 9.47 Å². The molecule has 3 rings (SSSR count). The highest BCUT2D eigenvalue weighted by atomic mass is 16.6. The molecule has 1 saturated heterocycles. The summed E-state index contributed by atoms with van der Waals surface area (Å²) in [6.45, 7) is 2.24. The minimum absolute atomic E-state index is 0.0389. The first-order chi connectivity index (χ1) is 12.5. The van der Waals surface area contributed by atoms with Crippen LogP contribution in [0.1, 0.15) is 36.0 Å². The number of hydrogen-bond acceptors (Lipinski definition) is 6. The van der Waals surface area contributed by atoms with Gasteiger partial charge in [-0.15, -0.1) is 0 Å². The molecular formula is C18H25N3O5. The number of hydrogen-bond donors (Lipinski definition) is 1. The molecule has 1 saturated carbocycles. The molecule has 142 valence electrons. The van der Waals surface area contributed by atoms with E-state index in [1.54, 1.807) is 4.90 Å². The molecule has 0 aromatic heterocycles. The number of benzene rings is 1. The molecule has 1 amide bonds. The predicted octanol–water partition coefficient (Wildman–Crippen LogP) is 2.22. The minimum atomic E-state index is -0.556. The van der Waals surface area contributed by atoms with Crippen molar-refractivity contribution in [1.82, 2.24) is 10.2 Å². The van der Waals surface area contributed by atoms with Crippen LogP contribution < -0.4 is 14.8 Å². The van der Waals surface area contributed by atoms with Gasteiger partial charge in [0.05, 0.1) is 25.2 Å². The molecule has 0 spiro atoms. The molecule has 26 heavy (non-hydrogen) atoms. The fourth-order valence-corrected chi connectivity index (χ4v) is 3.30.